The molecule has 2 aromatic carbocycles. The zero-order chi connectivity index (χ0) is 19.6. The minimum atomic E-state index is -2.90. The standard InChI is InChI=1S/C20H18F2N2O2S/c1-11-8-13(3)16(9-12(11)2)17-10-27-20(23-17)24-18(25)14-4-6-15(7-5-14)26-19(21)22/h4-10,19H,1-3H3,(H,23,24,25). The smallest absolute Gasteiger partial charge is 0.387 e. The monoisotopic (exact) mass is 388 g/mol. The SMILES string of the molecule is Cc1cc(C)c(-c2csc(NC(=O)c3ccc(OC(F)F)cc3)n2)cc1C. The molecule has 0 bridgehead atoms. The Morgan fingerprint density at radius 3 is 2.41 bits per heavy atom. The van der Waals surface area contributed by atoms with Gasteiger partial charge in [0.05, 0.1) is 5.69 Å². The van der Waals surface area contributed by atoms with Crippen molar-refractivity contribution in [1.29, 1.82) is 0 Å². The molecule has 140 valence electrons. The molecule has 27 heavy (non-hydrogen) atoms. The molecule has 0 aliphatic carbocycles. The van der Waals surface area contributed by atoms with Crippen molar-refractivity contribution in [2.45, 2.75) is 27.4 Å². The van der Waals surface area contributed by atoms with Gasteiger partial charge in [0.15, 0.2) is 5.13 Å². The van der Waals surface area contributed by atoms with E-state index in [1.807, 2.05) is 12.3 Å². The van der Waals surface area contributed by atoms with Crippen LogP contribution in [0.1, 0.15) is 27.0 Å². The summed E-state index contributed by atoms with van der Waals surface area (Å²) in [5, 5.41) is 5.10. The average Bonchev–Trinajstić information content (AvgIpc) is 3.06. The van der Waals surface area contributed by atoms with E-state index in [0.29, 0.717) is 10.7 Å². The number of benzene rings is 2. The van der Waals surface area contributed by atoms with E-state index < -0.39 is 6.61 Å². The second-order valence-electron chi connectivity index (χ2n) is 6.15. The number of anilines is 1. The van der Waals surface area contributed by atoms with E-state index in [4.69, 9.17) is 0 Å². The summed E-state index contributed by atoms with van der Waals surface area (Å²) in [4.78, 5) is 16.8. The van der Waals surface area contributed by atoms with Gasteiger partial charge in [-0.05, 0) is 67.8 Å². The maximum atomic E-state index is 12.3. The molecule has 1 aromatic heterocycles. The molecule has 1 N–H and O–H groups in total. The van der Waals surface area contributed by atoms with E-state index in [9.17, 15) is 13.6 Å². The summed E-state index contributed by atoms with van der Waals surface area (Å²) in [5.41, 5.74) is 5.69. The number of ether oxygens (including phenoxy) is 1. The molecule has 0 radical (unpaired) electrons. The van der Waals surface area contributed by atoms with Crippen LogP contribution in [0.3, 0.4) is 0 Å². The normalized spacial score (nSPS) is 10.9. The van der Waals surface area contributed by atoms with Gasteiger partial charge in [-0.1, -0.05) is 6.07 Å². The van der Waals surface area contributed by atoms with Crippen LogP contribution in [0.5, 0.6) is 5.75 Å². The summed E-state index contributed by atoms with van der Waals surface area (Å²) in [6.07, 6.45) is 0. The molecule has 0 aliphatic rings. The topological polar surface area (TPSA) is 51.2 Å². The number of amides is 1. The lowest BCUT2D eigenvalue weighted by Gasteiger charge is -2.07. The molecule has 0 atom stereocenters. The van der Waals surface area contributed by atoms with Crippen LogP contribution in [0.15, 0.2) is 41.8 Å². The predicted molar refractivity (Wildman–Crippen MR) is 103 cm³/mol. The number of nitrogens with zero attached hydrogens (tertiary/aromatic N) is 1. The number of halogens is 2. The molecule has 0 aliphatic heterocycles. The van der Waals surface area contributed by atoms with Gasteiger partial charge in [-0.3, -0.25) is 10.1 Å². The molecule has 0 saturated heterocycles. The Morgan fingerprint density at radius 1 is 1.07 bits per heavy atom. The van der Waals surface area contributed by atoms with Crippen molar-refractivity contribution in [1.82, 2.24) is 4.98 Å². The number of hydrogen-bond acceptors (Lipinski definition) is 4. The number of rotatable bonds is 5. The number of thiazole rings is 1. The number of hydrogen-bond donors (Lipinski definition) is 1. The molecule has 1 amide bonds. The van der Waals surface area contributed by atoms with Crippen molar-refractivity contribution in [3.8, 4) is 17.0 Å². The van der Waals surface area contributed by atoms with Crippen LogP contribution >= 0.6 is 11.3 Å². The first kappa shape index (κ1) is 19.0. The fourth-order valence-electron chi connectivity index (χ4n) is 2.65. The molecule has 7 heteroatoms. The van der Waals surface area contributed by atoms with Crippen molar-refractivity contribution in [3.63, 3.8) is 0 Å². The van der Waals surface area contributed by atoms with Gasteiger partial charge in [-0.2, -0.15) is 8.78 Å². The average molecular weight is 388 g/mol. The van der Waals surface area contributed by atoms with E-state index in [1.54, 1.807) is 0 Å². The number of aryl methyl sites for hydroxylation is 3. The van der Waals surface area contributed by atoms with Crippen molar-refractivity contribution >= 4 is 22.4 Å². The fourth-order valence-corrected chi connectivity index (χ4v) is 3.35. The second-order valence-corrected chi connectivity index (χ2v) is 7.00. The number of carbonyl (C=O) groups excluding carboxylic acids is 1. The lowest BCUT2D eigenvalue weighted by atomic mass is 9.99. The van der Waals surface area contributed by atoms with E-state index >= 15 is 0 Å². The molecule has 0 saturated carbocycles. The molecule has 0 fully saturated rings. The molecule has 3 rings (SSSR count). The lowest BCUT2D eigenvalue weighted by Crippen LogP contribution is -2.11. The first-order chi connectivity index (χ1) is 12.8. The fraction of sp³-hybridized carbons (Fsp3) is 0.200. The van der Waals surface area contributed by atoms with Gasteiger partial charge in [-0.15, -0.1) is 11.3 Å². The highest BCUT2D eigenvalue weighted by molar-refractivity contribution is 7.14. The zero-order valence-corrected chi connectivity index (χ0v) is 15.9. The summed E-state index contributed by atoms with van der Waals surface area (Å²) < 4.78 is 28.6. The minimum absolute atomic E-state index is 0.00306. The van der Waals surface area contributed by atoms with Crippen molar-refractivity contribution in [2.24, 2.45) is 0 Å². The highest BCUT2D eigenvalue weighted by atomic mass is 32.1. The maximum absolute atomic E-state index is 12.3. The second kappa shape index (κ2) is 7.84. The van der Waals surface area contributed by atoms with Gasteiger partial charge >= 0.3 is 6.61 Å². The number of aromatic nitrogens is 1. The molecule has 3 aromatic rings. The quantitative estimate of drug-likeness (QED) is 0.620. The Morgan fingerprint density at radius 2 is 1.74 bits per heavy atom. The van der Waals surface area contributed by atoms with Crippen LogP contribution < -0.4 is 10.1 Å². The Hall–Kier alpha value is -2.80. The van der Waals surface area contributed by atoms with Gasteiger partial charge < -0.3 is 4.74 Å². The minimum Gasteiger partial charge on any atom is -0.435 e. The van der Waals surface area contributed by atoms with Crippen LogP contribution in [-0.2, 0) is 0 Å². The molecule has 0 spiro atoms. The maximum Gasteiger partial charge on any atom is 0.387 e. The van der Waals surface area contributed by atoms with E-state index in [1.165, 1.54) is 46.7 Å². The van der Waals surface area contributed by atoms with E-state index in [0.717, 1.165) is 16.8 Å². The molecular formula is C20H18F2N2O2S. The van der Waals surface area contributed by atoms with Crippen LogP contribution in [0, 0.1) is 20.8 Å². The first-order valence-electron chi connectivity index (χ1n) is 8.23. The summed E-state index contributed by atoms with van der Waals surface area (Å²) in [6.45, 7) is 3.25. The summed E-state index contributed by atoms with van der Waals surface area (Å²) >= 11 is 1.33. The summed E-state index contributed by atoms with van der Waals surface area (Å²) in [5.74, 6) is -0.361. The summed E-state index contributed by atoms with van der Waals surface area (Å²) in [6, 6.07) is 9.71. The Kier molecular flexibility index (Phi) is 5.51. The van der Waals surface area contributed by atoms with Gasteiger partial charge in [0.1, 0.15) is 5.75 Å². The van der Waals surface area contributed by atoms with E-state index in [-0.39, 0.29) is 11.7 Å². The van der Waals surface area contributed by atoms with Gasteiger partial charge in [0.25, 0.3) is 5.91 Å². The van der Waals surface area contributed by atoms with Gasteiger partial charge in [-0.25, -0.2) is 4.98 Å². The van der Waals surface area contributed by atoms with Gasteiger partial charge in [0, 0.05) is 16.5 Å². The van der Waals surface area contributed by atoms with Crippen LogP contribution in [0.2, 0.25) is 0 Å². The largest absolute Gasteiger partial charge is 0.435 e. The summed E-state index contributed by atoms with van der Waals surface area (Å²) in [7, 11) is 0. The van der Waals surface area contributed by atoms with Gasteiger partial charge in [0.2, 0.25) is 0 Å². The van der Waals surface area contributed by atoms with Crippen molar-refractivity contribution < 1.29 is 18.3 Å². The highest BCUT2D eigenvalue weighted by Crippen LogP contribution is 2.29. The van der Waals surface area contributed by atoms with Crippen molar-refractivity contribution in [3.05, 3.63) is 64.0 Å². The predicted octanol–water partition coefficient (Wildman–Crippen LogP) is 5.59. The van der Waals surface area contributed by atoms with Crippen molar-refractivity contribution in [2.75, 3.05) is 5.32 Å². The van der Waals surface area contributed by atoms with Crippen LogP contribution in [0.25, 0.3) is 11.3 Å². The third kappa shape index (κ3) is 4.49. The third-order valence-corrected chi connectivity index (χ3v) is 4.94. The lowest BCUT2D eigenvalue weighted by molar-refractivity contribution is -0.0498. The third-order valence-electron chi connectivity index (χ3n) is 4.18. The molecule has 4 nitrogen and oxygen atoms in total. The Balaban J connectivity index is 1.74. The Labute approximate surface area is 159 Å². The zero-order valence-electron chi connectivity index (χ0n) is 15.0. The molecule has 0 unspecified atom stereocenters. The highest BCUT2D eigenvalue weighted by Gasteiger charge is 2.13. The first-order valence-corrected chi connectivity index (χ1v) is 9.11. The number of alkyl halides is 2. The molecular weight excluding hydrogens is 370 g/mol. The Bertz CT molecular complexity index is 969. The number of nitrogens with one attached hydrogen (secondary N) is 1. The van der Waals surface area contributed by atoms with Crippen LogP contribution in [-0.4, -0.2) is 17.5 Å². The van der Waals surface area contributed by atoms with Crippen LogP contribution in [0.4, 0.5) is 13.9 Å². The number of carbonyl (C=O) groups is 1. The molecule has 1 heterocycles. The van der Waals surface area contributed by atoms with E-state index in [2.05, 4.69) is 41.0 Å².